The van der Waals surface area contributed by atoms with Crippen molar-refractivity contribution >= 4 is 27.6 Å². The van der Waals surface area contributed by atoms with E-state index in [1.54, 1.807) is 12.4 Å². The Morgan fingerprint density at radius 2 is 2.00 bits per heavy atom. The van der Waals surface area contributed by atoms with E-state index < -0.39 is 0 Å². The fourth-order valence-electron chi connectivity index (χ4n) is 2.74. The van der Waals surface area contributed by atoms with Gasteiger partial charge in [-0.15, -0.1) is 0 Å². The van der Waals surface area contributed by atoms with Crippen LogP contribution in [-0.2, 0) is 7.05 Å². The summed E-state index contributed by atoms with van der Waals surface area (Å²) in [6.45, 7) is 1.87. The Kier molecular flexibility index (Phi) is 2.63. The number of carbonyl (C=O) groups is 1. The Bertz CT molecular complexity index is 1010. The van der Waals surface area contributed by atoms with Crippen LogP contribution < -0.4 is 0 Å². The molecule has 1 aromatic carbocycles. The van der Waals surface area contributed by atoms with E-state index in [-0.39, 0.29) is 5.78 Å². The molecule has 5 nitrogen and oxygen atoms in total. The third-order valence-corrected chi connectivity index (χ3v) is 3.98. The van der Waals surface area contributed by atoms with Crippen molar-refractivity contribution in [3.8, 4) is 0 Å². The van der Waals surface area contributed by atoms with E-state index in [9.17, 15) is 4.79 Å². The van der Waals surface area contributed by atoms with E-state index in [4.69, 9.17) is 0 Å². The molecule has 0 aliphatic heterocycles. The summed E-state index contributed by atoms with van der Waals surface area (Å²) in [6, 6.07) is 9.91. The van der Waals surface area contributed by atoms with E-state index >= 15 is 0 Å². The molecule has 0 bridgehead atoms. The quantitative estimate of drug-likeness (QED) is 0.577. The molecule has 0 spiro atoms. The Balaban J connectivity index is 1.96. The van der Waals surface area contributed by atoms with Crippen LogP contribution in [0.15, 0.2) is 42.7 Å². The predicted molar refractivity (Wildman–Crippen MR) is 85.0 cm³/mol. The molecule has 0 fully saturated rings. The summed E-state index contributed by atoms with van der Waals surface area (Å²) in [6.07, 6.45) is 3.41. The number of carbonyl (C=O) groups excluding carboxylic acids is 1. The normalized spacial score (nSPS) is 11.4. The lowest BCUT2D eigenvalue weighted by molar-refractivity contribution is 0.103. The minimum Gasteiger partial charge on any atom is -0.353 e. The van der Waals surface area contributed by atoms with Gasteiger partial charge in [-0.25, -0.2) is 4.98 Å². The fraction of sp³-hybridized carbons (Fsp3) is 0.118. The van der Waals surface area contributed by atoms with Crippen LogP contribution in [0.2, 0.25) is 0 Å². The van der Waals surface area contributed by atoms with Crippen LogP contribution in [0.4, 0.5) is 0 Å². The summed E-state index contributed by atoms with van der Waals surface area (Å²) in [7, 11) is 1.87. The van der Waals surface area contributed by atoms with E-state index in [0.29, 0.717) is 11.4 Å². The summed E-state index contributed by atoms with van der Waals surface area (Å²) in [5, 5.41) is 2.09. The maximum absolute atomic E-state index is 12.7. The first-order valence-electron chi connectivity index (χ1n) is 7.05. The number of ketones is 1. The number of aryl methyl sites for hydroxylation is 2. The Hall–Kier alpha value is -2.95. The summed E-state index contributed by atoms with van der Waals surface area (Å²) in [5.74, 6) is 0.632. The number of nitrogens with zero attached hydrogens (tertiary/aromatic N) is 3. The fourth-order valence-corrected chi connectivity index (χ4v) is 2.74. The smallest absolute Gasteiger partial charge is 0.233 e. The van der Waals surface area contributed by atoms with Crippen molar-refractivity contribution in [2.24, 2.45) is 7.05 Å². The van der Waals surface area contributed by atoms with Crippen molar-refractivity contribution in [1.82, 2.24) is 19.5 Å². The number of rotatable bonds is 2. The average molecular weight is 290 g/mol. The minimum absolute atomic E-state index is 0.166. The summed E-state index contributed by atoms with van der Waals surface area (Å²) in [5.41, 5.74) is 2.58. The molecule has 0 saturated carbocycles. The predicted octanol–water partition coefficient (Wildman–Crippen LogP) is 2.99. The van der Waals surface area contributed by atoms with Crippen molar-refractivity contribution < 1.29 is 4.79 Å². The van der Waals surface area contributed by atoms with Crippen LogP contribution in [0.5, 0.6) is 0 Å². The van der Waals surface area contributed by atoms with E-state index in [1.165, 1.54) is 0 Å². The van der Waals surface area contributed by atoms with Crippen LogP contribution in [-0.4, -0.2) is 25.3 Å². The van der Waals surface area contributed by atoms with E-state index in [2.05, 4.69) is 15.0 Å². The summed E-state index contributed by atoms with van der Waals surface area (Å²) >= 11 is 0. The molecule has 1 N–H and O–H groups in total. The molecule has 3 heterocycles. The van der Waals surface area contributed by atoms with Gasteiger partial charge in [0.25, 0.3) is 0 Å². The van der Waals surface area contributed by atoms with E-state index in [0.717, 1.165) is 27.6 Å². The molecular weight excluding hydrogens is 276 g/mol. The van der Waals surface area contributed by atoms with Crippen molar-refractivity contribution in [2.75, 3.05) is 0 Å². The number of aromatic amines is 1. The van der Waals surface area contributed by atoms with Crippen molar-refractivity contribution in [1.29, 1.82) is 0 Å². The first-order valence-corrected chi connectivity index (χ1v) is 7.05. The van der Waals surface area contributed by atoms with Gasteiger partial charge in [0.15, 0.2) is 0 Å². The minimum atomic E-state index is -0.166. The lowest BCUT2D eigenvalue weighted by Crippen LogP contribution is -2.05. The van der Waals surface area contributed by atoms with Crippen LogP contribution in [0.3, 0.4) is 0 Å². The zero-order valence-corrected chi connectivity index (χ0v) is 12.3. The average Bonchev–Trinajstić information content (AvgIpc) is 3.07. The maximum atomic E-state index is 12.7. The number of para-hydroxylation sites is 1. The number of nitrogens with one attached hydrogen (secondary N) is 1. The highest BCUT2D eigenvalue weighted by molar-refractivity contribution is 6.18. The summed E-state index contributed by atoms with van der Waals surface area (Å²) in [4.78, 5) is 24.6. The molecule has 4 aromatic rings. The lowest BCUT2D eigenvalue weighted by Gasteiger charge is -1.99. The number of benzene rings is 1. The highest BCUT2D eigenvalue weighted by Gasteiger charge is 2.19. The molecule has 5 heteroatoms. The van der Waals surface area contributed by atoms with Gasteiger partial charge in [0.2, 0.25) is 5.78 Å². The van der Waals surface area contributed by atoms with Crippen molar-refractivity contribution in [3.63, 3.8) is 0 Å². The summed E-state index contributed by atoms with van der Waals surface area (Å²) < 4.78 is 1.83. The molecule has 22 heavy (non-hydrogen) atoms. The molecular formula is C17H14N4O. The second-order valence-corrected chi connectivity index (χ2v) is 5.37. The zero-order chi connectivity index (χ0) is 15.3. The van der Waals surface area contributed by atoms with Gasteiger partial charge in [-0.1, -0.05) is 18.2 Å². The number of H-pyrrole nitrogens is 1. The molecule has 108 valence electrons. The lowest BCUT2D eigenvalue weighted by atomic mass is 10.1. The van der Waals surface area contributed by atoms with Gasteiger partial charge in [-0.05, 0) is 19.1 Å². The van der Waals surface area contributed by atoms with Gasteiger partial charge in [0, 0.05) is 35.7 Å². The van der Waals surface area contributed by atoms with Crippen molar-refractivity contribution in [2.45, 2.75) is 6.92 Å². The van der Waals surface area contributed by atoms with Crippen molar-refractivity contribution in [3.05, 3.63) is 59.9 Å². The Morgan fingerprint density at radius 1 is 1.18 bits per heavy atom. The second kappa shape index (κ2) is 4.53. The SMILES string of the molecule is Cc1nc(C(=O)c2nccc3c2[nH]c2ccccc23)cn1C. The van der Waals surface area contributed by atoms with Crippen LogP contribution in [0.25, 0.3) is 21.8 Å². The topological polar surface area (TPSA) is 63.6 Å². The van der Waals surface area contributed by atoms with Gasteiger partial charge >= 0.3 is 0 Å². The molecule has 0 saturated heterocycles. The molecule has 0 amide bonds. The maximum Gasteiger partial charge on any atom is 0.233 e. The largest absolute Gasteiger partial charge is 0.353 e. The number of pyridine rings is 1. The monoisotopic (exact) mass is 290 g/mol. The third-order valence-electron chi connectivity index (χ3n) is 3.98. The number of hydrogen-bond acceptors (Lipinski definition) is 3. The Labute approximate surface area is 126 Å². The Morgan fingerprint density at radius 3 is 2.77 bits per heavy atom. The standard InChI is InChI=1S/C17H14N4O/c1-10-19-14(9-21(10)2)17(22)16-15-12(7-8-18-16)11-5-3-4-6-13(11)20-15/h3-9,20H,1-2H3. The number of aromatic nitrogens is 4. The molecule has 0 aliphatic carbocycles. The number of imidazole rings is 1. The second-order valence-electron chi connectivity index (χ2n) is 5.37. The van der Waals surface area contributed by atoms with Crippen LogP contribution in [0, 0.1) is 6.92 Å². The molecule has 4 rings (SSSR count). The number of fused-ring (bicyclic) bond motifs is 3. The first kappa shape index (κ1) is 12.8. The number of hydrogen-bond donors (Lipinski definition) is 1. The van der Waals surface area contributed by atoms with Gasteiger partial charge in [-0.3, -0.25) is 9.78 Å². The third kappa shape index (κ3) is 1.75. The van der Waals surface area contributed by atoms with Crippen LogP contribution >= 0.6 is 0 Å². The van der Waals surface area contributed by atoms with E-state index in [1.807, 2.05) is 48.9 Å². The molecule has 0 atom stereocenters. The highest BCUT2D eigenvalue weighted by Crippen LogP contribution is 2.27. The first-order chi connectivity index (χ1) is 10.6. The molecule has 0 radical (unpaired) electrons. The van der Waals surface area contributed by atoms with Gasteiger partial charge in [0.05, 0.1) is 5.52 Å². The molecule has 0 aliphatic rings. The molecule has 0 unspecified atom stereocenters. The van der Waals surface area contributed by atoms with Gasteiger partial charge in [-0.2, -0.15) is 0 Å². The zero-order valence-electron chi connectivity index (χ0n) is 12.3. The van der Waals surface area contributed by atoms with Gasteiger partial charge < -0.3 is 9.55 Å². The molecule has 3 aromatic heterocycles. The van der Waals surface area contributed by atoms with Gasteiger partial charge in [0.1, 0.15) is 17.2 Å². The van der Waals surface area contributed by atoms with Crippen LogP contribution in [0.1, 0.15) is 22.0 Å². The highest BCUT2D eigenvalue weighted by atomic mass is 16.1.